The van der Waals surface area contributed by atoms with Gasteiger partial charge in [0.15, 0.2) is 5.76 Å². The van der Waals surface area contributed by atoms with Crippen molar-refractivity contribution in [3.8, 4) is 0 Å². The fraction of sp³-hybridized carbons (Fsp3) is 0.389. The lowest BCUT2D eigenvalue weighted by molar-refractivity contribution is -0.384. The van der Waals surface area contributed by atoms with Crippen LogP contribution in [0.4, 0.5) is 5.69 Å². The van der Waals surface area contributed by atoms with Crippen LogP contribution in [0.1, 0.15) is 27.4 Å². The first-order chi connectivity index (χ1) is 11.9. The lowest BCUT2D eigenvalue weighted by Gasteiger charge is -2.34. The van der Waals surface area contributed by atoms with Gasteiger partial charge >= 0.3 is 0 Å². The Morgan fingerprint density at radius 3 is 2.52 bits per heavy atom. The molecule has 0 saturated carbocycles. The molecule has 2 aromatic rings. The Balaban J connectivity index is 1.57. The number of non-ortho nitro benzene ring substituents is 1. The number of rotatable bonds is 4. The van der Waals surface area contributed by atoms with Crippen LogP contribution in [0, 0.1) is 24.0 Å². The van der Waals surface area contributed by atoms with Crippen LogP contribution in [-0.2, 0) is 6.54 Å². The molecule has 0 spiro atoms. The van der Waals surface area contributed by atoms with E-state index in [0.717, 1.165) is 30.0 Å². The standard InChI is InChI=1S/C18H21N3O4/c1-13-10-17(25-14(13)2)18(22)20-8-6-19(7-9-20)12-15-4-3-5-16(11-15)21(23)24/h3-5,10-11H,6-9,12H2,1-2H3. The minimum atomic E-state index is -0.382. The minimum Gasteiger partial charge on any atom is -0.456 e. The highest BCUT2D eigenvalue weighted by Gasteiger charge is 2.24. The monoisotopic (exact) mass is 343 g/mol. The molecule has 2 heterocycles. The van der Waals surface area contributed by atoms with Gasteiger partial charge in [-0.25, -0.2) is 0 Å². The van der Waals surface area contributed by atoms with E-state index in [4.69, 9.17) is 4.42 Å². The van der Waals surface area contributed by atoms with Crippen molar-refractivity contribution in [1.29, 1.82) is 0 Å². The molecule has 7 heteroatoms. The summed E-state index contributed by atoms with van der Waals surface area (Å²) >= 11 is 0. The van der Waals surface area contributed by atoms with Gasteiger partial charge in [-0.05, 0) is 31.0 Å². The SMILES string of the molecule is Cc1cc(C(=O)N2CCN(Cc3cccc([N+](=O)[O-])c3)CC2)oc1C. The Hall–Kier alpha value is -2.67. The molecule has 132 valence electrons. The summed E-state index contributed by atoms with van der Waals surface area (Å²) in [6, 6.07) is 8.47. The third kappa shape index (κ3) is 3.88. The van der Waals surface area contributed by atoms with Gasteiger partial charge in [0.1, 0.15) is 5.76 Å². The lowest BCUT2D eigenvalue weighted by Crippen LogP contribution is -2.48. The maximum absolute atomic E-state index is 12.5. The van der Waals surface area contributed by atoms with Crippen molar-refractivity contribution in [1.82, 2.24) is 9.80 Å². The maximum atomic E-state index is 12.5. The lowest BCUT2D eigenvalue weighted by atomic mass is 10.1. The highest BCUT2D eigenvalue weighted by molar-refractivity contribution is 5.91. The van der Waals surface area contributed by atoms with E-state index in [1.807, 2.05) is 19.9 Å². The highest BCUT2D eigenvalue weighted by Crippen LogP contribution is 2.18. The smallest absolute Gasteiger partial charge is 0.289 e. The van der Waals surface area contributed by atoms with Gasteiger partial charge < -0.3 is 9.32 Å². The molecule has 1 aliphatic heterocycles. The number of nitro groups is 1. The summed E-state index contributed by atoms with van der Waals surface area (Å²) in [5.74, 6) is 1.08. The van der Waals surface area contributed by atoms with Crippen LogP contribution in [0.5, 0.6) is 0 Å². The van der Waals surface area contributed by atoms with Crippen molar-refractivity contribution in [2.75, 3.05) is 26.2 Å². The van der Waals surface area contributed by atoms with E-state index in [0.29, 0.717) is 25.4 Å². The molecular weight excluding hydrogens is 322 g/mol. The molecule has 1 saturated heterocycles. The predicted octanol–water partition coefficient (Wildman–Crippen LogP) is 2.76. The first-order valence-corrected chi connectivity index (χ1v) is 8.26. The largest absolute Gasteiger partial charge is 0.456 e. The second-order valence-corrected chi connectivity index (χ2v) is 6.35. The third-order valence-corrected chi connectivity index (χ3v) is 4.56. The summed E-state index contributed by atoms with van der Waals surface area (Å²) in [6.07, 6.45) is 0. The van der Waals surface area contributed by atoms with Crippen LogP contribution in [-0.4, -0.2) is 46.8 Å². The van der Waals surface area contributed by atoms with Gasteiger partial charge in [-0.2, -0.15) is 0 Å². The number of piperazine rings is 1. The average Bonchev–Trinajstić information content (AvgIpc) is 2.94. The Morgan fingerprint density at radius 1 is 1.20 bits per heavy atom. The van der Waals surface area contributed by atoms with Gasteiger partial charge in [0.05, 0.1) is 4.92 Å². The molecule has 0 N–H and O–H groups in total. The van der Waals surface area contributed by atoms with E-state index < -0.39 is 0 Å². The fourth-order valence-corrected chi connectivity index (χ4v) is 2.97. The van der Waals surface area contributed by atoms with Crippen LogP contribution >= 0.6 is 0 Å². The zero-order chi connectivity index (χ0) is 18.0. The molecule has 1 aliphatic rings. The zero-order valence-corrected chi connectivity index (χ0v) is 14.4. The van der Waals surface area contributed by atoms with Crippen LogP contribution < -0.4 is 0 Å². The summed E-state index contributed by atoms with van der Waals surface area (Å²) in [4.78, 5) is 27.0. The molecule has 0 bridgehead atoms. The number of benzene rings is 1. The van der Waals surface area contributed by atoms with Crippen LogP contribution in [0.2, 0.25) is 0 Å². The Kier molecular flexibility index (Phi) is 4.85. The third-order valence-electron chi connectivity index (χ3n) is 4.56. The Bertz CT molecular complexity index is 772. The molecular formula is C18H21N3O4. The van der Waals surface area contributed by atoms with E-state index in [1.54, 1.807) is 23.1 Å². The highest BCUT2D eigenvalue weighted by atomic mass is 16.6. The normalized spacial score (nSPS) is 15.4. The van der Waals surface area contributed by atoms with Crippen molar-refractivity contribution in [2.45, 2.75) is 20.4 Å². The van der Waals surface area contributed by atoms with Crippen LogP contribution in [0.3, 0.4) is 0 Å². The van der Waals surface area contributed by atoms with Gasteiger partial charge in [-0.1, -0.05) is 12.1 Å². The average molecular weight is 343 g/mol. The van der Waals surface area contributed by atoms with E-state index >= 15 is 0 Å². The summed E-state index contributed by atoms with van der Waals surface area (Å²) in [7, 11) is 0. The quantitative estimate of drug-likeness (QED) is 0.630. The van der Waals surface area contributed by atoms with Gasteiger partial charge in [0, 0.05) is 44.9 Å². The first-order valence-electron chi connectivity index (χ1n) is 8.26. The molecule has 1 aromatic heterocycles. The number of aryl methyl sites for hydroxylation is 2. The van der Waals surface area contributed by atoms with Gasteiger partial charge in [-0.15, -0.1) is 0 Å². The van der Waals surface area contributed by atoms with E-state index in [1.165, 1.54) is 6.07 Å². The van der Waals surface area contributed by atoms with Gasteiger partial charge in [0.25, 0.3) is 11.6 Å². The number of hydrogen-bond donors (Lipinski definition) is 0. The number of hydrogen-bond acceptors (Lipinski definition) is 5. The van der Waals surface area contributed by atoms with Crippen molar-refractivity contribution in [3.63, 3.8) is 0 Å². The summed E-state index contributed by atoms with van der Waals surface area (Å²) in [5, 5.41) is 10.9. The molecule has 0 atom stereocenters. The number of carbonyl (C=O) groups is 1. The number of amides is 1. The molecule has 1 aromatic carbocycles. The minimum absolute atomic E-state index is 0.0776. The van der Waals surface area contributed by atoms with E-state index in [-0.39, 0.29) is 16.5 Å². The predicted molar refractivity (Wildman–Crippen MR) is 92.5 cm³/mol. The van der Waals surface area contributed by atoms with Crippen LogP contribution in [0.15, 0.2) is 34.7 Å². The number of nitrogens with zero attached hydrogens (tertiary/aromatic N) is 3. The molecule has 1 amide bonds. The zero-order valence-electron chi connectivity index (χ0n) is 14.4. The number of furan rings is 1. The Labute approximate surface area is 146 Å². The summed E-state index contributed by atoms with van der Waals surface area (Å²) in [6.45, 7) is 7.11. The second kappa shape index (κ2) is 7.06. The van der Waals surface area contributed by atoms with E-state index in [9.17, 15) is 14.9 Å². The molecule has 0 unspecified atom stereocenters. The maximum Gasteiger partial charge on any atom is 0.289 e. The van der Waals surface area contributed by atoms with Gasteiger partial charge in [0.2, 0.25) is 0 Å². The molecule has 0 aliphatic carbocycles. The van der Waals surface area contributed by atoms with Crippen molar-refractivity contribution < 1.29 is 14.1 Å². The topological polar surface area (TPSA) is 79.8 Å². The summed E-state index contributed by atoms with van der Waals surface area (Å²) < 4.78 is 5.52. The molecule has 25 heavy (non-hydrogen) atoms. The molecule has 7 nitrogen and oxygen atoms in total. The van der Waals surface area contributed by atoms with E-state index in [2.05, 4.69) is 4.90 Å². The Morgan fingerprint density at radius 2 is 1.92 bits per heavy atom. The van der Waals surface area contributed by atoms with Crippen molar-refractivity contribution in [2.24, 2.45) is 0 Å². The summed E-state index contributed by atoms with van der Waals surface area (Å²) in [5.41, 5.74) is 1.99. The van der Waals surface area contributed by atoms with Crippen molar-refractivity contribution in [3.05, 3.63) is 63.1 Å². The van der Waals surface area contributed by atoms with Crippen molar-refractivity contribution >= 4 is 11.6 Å². The fourth-order valence-electron chi connectivity index (χ4n) is 2.97. The number of carbonyl (C=O) groups excluding carboxylic acids is 1. The second-order valence-electron chi connectivity index (χ2n) is 6.35. The molecule has 0 radical (unpaired) electrons. The van der Waals surface area contributed by atoms with Crippen LogP contribution in [0.25, 0.3) is 0 Å². The number of nitro benzene ring substituents is 1. The molecule has 3 rings (SSSR count). The molecule has 1 fully saturated rings. The van der Waals surface area contributed by atoms with Gasteiger partial charge in [-0.3, -0.25) is 19.8 Å². The first kappa shape index (κ1) is 17.2.